The van der Waals surface area contributed by atoms with Crippen LogP contribution in [0.15, 0.2) is 73.2 Å². The molecule has 126 valence electrons. The summed E-state index contributed by atoms with van der Waals surface area (Å²) in [5.74, 6) is 0. The number of aromatic nitrogens is 2. The van der Waals surface area contributed by atoms with Gasteiger partial charge in [-0.1, -0.05) is 24.3 Å². The van der Waals surface area contributed by atoms with E-state index >= 15 is 0 Å². The van der Waals surface area contributed by atoms with Crippen molar-refractivity contribution in [3.63, 3.8) is 0 Å². The van der Waals surface area contributed by atoms with E-state index in [-0.39, 0.29) is 12.1 Å². The quantitative estimate of drug-likeness (QED) is 0.726. The van der Waals surface area contributed by atoms with Crippen LogP contribution in [0.5, 0.6) is 0 Å². The lowest BCUT2D eigenvalue weighted by Gasteiger charge is -2.25. The highest BCUT2D eigenvalue weighted by atomic mass is 32.1. The highest BCUT2D eigenvalue weighted by molar-refractivity contribution is 7.80. The summed E-state index contributed by atoms with van der Waals surface area (Å²) in [6.07, 6.45) is 6.13. The van der Waals surface area contributed by atoms with E-state index < -0.39 is 0 Å². The molecule has 0 unspecified atom stereocenters. The Hall–Kier alpha value is -2.66. The third kappa shape index (κ3) is 2.91. The van der Waals surface area contributed by atoms with Crippen molar-refractivity contribution in [2.75, 3.05) is 6.54 Å². The highest BCUT2D eigenvalue weighted by Gasteiger charge is 2.39. The van der Waals surface area contributed by atoms with Crippen LogP contribution in [0.1, 0.15) is 30.3 Å². The second kappa shape index (κ2) is 6.69. The van der Waals surface area contributed by atoms with Crippen LogP contribution < -0.4 is 5.32 Å². The summed E-state index contributed by atoms with van der Waals surface area (Å²) in [6, 6.07) is 18.7. The van der Waals surface area contributed by atoms with Gasteiger partial charge in [-0.2, -0.15) is 0 Å². The molecule has 1 aromatic carbocycles. The fourth-order valence-corrected chi connectivity index (χ4v) is 3.83. The third-order valence-corrected chi connectivity index (χ3v) is 5.00. The Balaban J connectivity index is 1.73. The van der Waals surface area contributed by atoms with Gasteiger partial charge in [0.25, 0.3) is 0 Å². The zero-order chi connectivity index (χ0) is 17.2. The summed E-state index contributed by atoms with van der Waals surface area (Å²) in [5, 5.41) is 4.24. The summed E-state index contributed by atoms with van der Waals surface area (Å²) in [5.41, 5.74) is 3.40. The van der Waals surface area contributed by atoms with Gasteiger partial charge in [-0.25, -0.2) is 0 Å². The monoisotopic (exact) mass is 348 g/mol. The van der Waals surface area contributed by atoms with Crippen molar-refractivity contribution in [1.29, 1.82) is 0 Å². The molecule has 0 saturated carbocycles. The fraction of sp³-hybridized carbons (Fsp3) is 0.200. The zero-order valence-corrected chi connectivity index (χ0v) is 14.9. The molecule has 2 atom stereocenters. The van der Waals surface area contributed by atoms with Crippen LogP contribution in [0, 0.1) is 0 Å². The first-order chi connectivity index (χ1) is 12.3. The molecule has 0 radical (unpaired) electrons. The number of hydrogen-bond acceptors (Lipinski definition) is 2. The third-order valence-electron chi connectivity index (χ3n) is 4.65. The first-order valence-corrected chi connectivity index (χ1v) is 8.90. The van der Waals surface area contributed by atoms with E-state index in [2.05, 4.69) is 75.5 Å². The summed E-state index contributed by atoms with van der Waals surface area (Å²) in [6.45, 7) is 2.99. The number of likely N-dealkylation sites (N-methyl/N-ethyl adjacent to an activating group) is 1. The van der Waals surface area contributed by atoms with Crippen molar-refractivity contribution in [2.24, 2.45) is 0 Å². The first-order valence-electron chi connectivity index (χ1n) is 8.49. The topological polar surface area (TPSA) is 33.1 Å². The second-order valence-electron chi connectivity index (χ2n) is 6.10. The molecule has 1 fully saturated rings. The number of nitrogens with zero attached hydrogens (tertiary/aromatic N) is 3. The molecule has 4 nitrogen and oxygen atoms in total. The maximum Gasteiger partial charge on any atom is 0.170 e. The van der Waals surface area contributed by atoms with Crippen molar-refractivity contribution >= 4 is 17.3 Å². The van der Waals surface area contributed by atoms with Gasteiger partial charge in [0.15, 0.2) is 5.11 Å². The van der Waals surface area contributed by atoms with Crippen LogP contribution >= 0.6 is 12.2 Å². The van der Waals surface area contributed by atoms with Crippen LogP contribution in [0.2, 0.25) is 0 Å². The van der Waals surface area contributed by atoms with E-state index in [4.69, 9.17) is 12.2 Å². The maximum atomic E-state index is 5.57. The molecular formula is C20H20N4S. The summed E-state index contributed by atoms with van der Waals surface area (Å²) in [4.78, 5) is 6.78. The molecule has 3 heterocycles. The van der Waals surface area contributed by atoms with Gasteiger partial charge in [0.1, 0.15) is 0 Å². The van der Waals surface area contributed by atoms with Crippen molar-refractivity contribution in [2.45, 2.75) is 19.0 Å². The van der Waals surface area contributed by atoms with E-state index in [1.165, 1.54) is 5.56 Å². The highest BCUT2D eigenvalue weighted by Crippen LogP contribution is 2.38. The van der Waals surface area contributed by atoms with Crippen molar-refractivity contribution in [3.8, 4) is 5.69 Å². The van der Waals surface area contributed by atoms with E-state index in [0.717, 1.165) is 23.0 Å². The molecule has 3 aromatic rings. The minimum Gasteiger partial charge on any atom is -0.352 e. The Morgan fingerprint density at radius 3 is 2.60 bits per heavy atom. The molecule has 0 amide bonds. The van der Waals surface area contributed by atoms with E-state index in [0.29, 0.717) is 0 Å². The van der Waals surface area contributed by atoms with Gasteiger partial charge in [0.05, 0.1) is 17.8 Å². The van der Waals surface area contributed by atoms with E-state index in [1.54, 1.807) is 0 Å². The van der Waals surface area contributed by atoms with Gasteiger partial charge in [0.2, 0.25) is 0 Å². The number of nitrogens with one attached hydrogen (secondary N) is 1. The van der Waals surface area contributed by atoms with Crippen molar-refractivity contribution in [1.82, 2.24) is 19.8 Å². The van der Waals surface area contributed by atoms with Crippen LogP contribution in [-0.4, -0.2) is 26.1 Å². The molecule has 4 rings (SSSR count). The average molecular weight is 348 g/mol. The molecule has 1 aliphatic rings. The van der Waals surface area contributed by atoms with Gasteiger partial charge < -0.3 is 14.8 Å². The Morgan fingerprint density at radius 1 is 1.08 bits per heavy atom. The Kier molecular flexibility index (Phi) is 4.24. The minimum atomic E-state index is 0.0558. The lowest BCUT2D eigenvalue weighted by atomic mass is 9.99. The number of hydrogen-bond donors (Lipinski definition) is 1. The van der Waals surface area contributed by atoms with E-state index in [1.807, 2.05) is 24.4 Å². The van der Waals surface area contributed by atoms with Crippen LogP contribution in [0.4, 0.5) is 0 Å². The maximum absolute atomic E-state index is 5.57. The molecule has 25 heavy (non-hydrogen) atoms. The first kappa shape index (κ1) is 15.8. The minimum absolute atomic E-state index is 0.0558. The molecule has 1 N–H and O–H groups in total. The fourth-order valence-electron chi connectivity index (χ4n) is 3.46. The Labute approximate surface area is 153 Å². The van der Waals surface area contributed by atoms with Gasteiger partial charge in [-0.15, -0.1) is 0 Å². The van der Waals surface area contributed by atoms with Gasteiger partial charge in [-0.05, 0) is 55.0 Å². The molecule has 0 spiro atoms. The average Bonchev–Trinajstić information content (AvgIpc) is 3.27. The number of thiocarbonyl (C=S) groups is 1. The molecule has 5 heteroatoms. The largest absolute Gasteiger partial charge is 0.352 e. The molecule has 0 aliphatic carbocycles. The van der Waals surface area contributed by atoms with Crippen LogP contribution in [0.25, 0.3) is 5.69 Å². The zero-order valence-electron chi connectivity index (χ0n) is 14.0. The van der Waals surface area contributed by atoms with Crippen LogP contribution in [0.3, 0.4) is 0 Å². The molecular weight excluding hydrogens is 328 g/mol. The smallest absolute Gasteiger partial charge is 0.170 e. The Bertz CT molecular complexity index is 860. The lowest BCUT2D eigenvalue weighted by Crippen LogP contribution is -2.29. The summed E-state index contributed by atoms with van der Waals surface area (Å²) in [7, 11) is 0. The lowest BCUT2D eigenvalue weighted by molar-refractivity contribution is 0.331. The standard InChI is InChI=1S/C20H20N4S/c1-2-24-19(18(22-20(24)25)17-10-6-7-12-21-17)15-11-13-23(14-15)16-8-4-3-5-9-16/h3-14,18-19H,2H2,1H3,(H,22,25)/t18-,19-/m0/s1. The number of benzene rings is 1. The number of rotatable bonds is 4. The molecule has 0 bridgehead atoms. The number of para-hydroxylation sites is 1. The van der Waals surface area contributed by atoms with Crippen molar-refractivity contribution in [3.05, 3.63) is 84.4 Å². The normalized spacial score (nSPS) is 19.9. The van der Waals surface area contributed by atoms with Crippen LogP contribution in [-0.2, 0) is 0 Å². The SMILES string of the molecule is CCN1C(=S)N[C@@H](c2ccccn2)[C@@H]1c1ccn(-c2ccccc2)c1. The van der Waals surface area contributed by atoms with Crippen molar-refractivity contribution < 1.29 is 0 Å². The number of pyridine rings is 1. The second-order valence-corrected chi connectivity index (χ2v) is 6.49. The predicted molar refractivity (Wildman–Crippen MR) is 104 cm³/mol. The molecule has 1 aliphatic heterocycles. The van der Waals surface area contributed by atoms with E-state index in [9.17, 15) is 0 Å². The summed E-state index contributed by atoms with van der Waals surface area (Å²) >= 11 is 5.57. The Morgan fingerprint density at radius 2 is 1.88 bits per heavy atom. The predicted octanol–water partition coefficient (Wildman–Crippen LogP) is 3.86. The molecule has 2 aromatic heterocycles. The van der Waals surface area contributed by atoms with Gasteiger partial charge in [0, 0.05) is 30.8 Å². The summed E-state index contributed by atoms with van der Waals surface area (Å²) < 4.78 is 2.15. The molecule has 1 saturated heterocycles. The van der Waals surface area contributed by atoms with Gasteiger partial charge >= 0.3 is 0 Å². The van der Waals surface area contributed by atoms with Gasteiger partial charge in [-0.3, -0.25) is 4.98 Å².